The van der Waals surface area contributed by atoms with Crippen molar-refractivity contribution in [2.24, 2.45) is 0 Å². The second-order valence-corrected chi connectivity index (χ2v) is 6.53. The van der Waals surface area contributed by atoms with E-state index in [1.807, 2.05) is 55.5 Å². The molecule has 3 N–H and O–H groups in total. The Morgan fingerprint density at radius 3 is 2.43 bits per heavy atom. The third-order valence-corrected chi connectivity index (χ3v) is 4.48. The second kappa shape index (κ2) is 8.45. The molecule has 2 rings (SSSR count). The van der Waals surface area contributed by atoms with Crippen molar-refractivity contribution in [1.29, 1.82) is 0 Å². The molecule has 4 nitrogen and oxygen atoms in total. The maximum absolute atomic E-state index is 10.7. The molecule has 5 heteroatoms. The lowest BCUT2D eigenvalue weighted by Crippen LogP contribution is -2.37. The first-order valence-corrected chi connectivity index (χ1v) is 8.30. The number of aliphatic hydroxyl groups excluding tert-OH is 1. The third kappa shape index (κ3) is 4.78. The van der Waals surface area contributed by atoms with Gasteiger partial charge in [0.15, 0.2) is 0 Å². The molecule has 0 fully saturated rings. The number of hydrogen-bond acceptors (Lipinski definition) is 4. The first-order valence-electron chi connectivity index (χ1n) is 7.51. The predicted molar refractivity (Wildman–Crippen MR) is 94.0 cm³/mol. The van der Waals surface area contributed by atoms with Crippen LogP contribution in [0.25, 0.3) is 0 Å². The van der Waals surface area contributed by atoms with E-state index in [1.165, 1.54) is 0 Å². The standard InChI is InChI=1S/C18H22BrNO3/c1-12(20-22)18(14-6-8-16(23-2)9-7-14)17(21)11-13-4-3-5-15(19)10-13/h3-10,12,17-18,20-22H,11H2,1-2H3. The largest absolute Gasteiger partial charge is 0.497 e. The molecule has 124 valence electrons. The van der Waals surface area contributed by atoms with E-state index >= 15 is 0 Å². The van der Waals surface area contributed by atoms with Crippen LogP contribution >= 0.6 is 15.9 Å². The quantitative estimate of drug-likeness (QED) is 0.644. The Bertz CT molecular complexity index is 618. The van der Waals surface area contributed by atoms with E-state index in [2.05, 4.69) is 21.4 Å². The molecule has 0 aliphatic carbocycles. The Morgan fingerprint density at radius 1 is 1.17 bits per heavy atom. The fourth-order valence-corrected chi connectivity index (χ4v) is 3.23. The summed E-state index contributed by atoms with van der Waals surface area (Å²) in [4.78, 5) is 0. The third-order valence-electron chi connectivity index (χ3n) is 3.99. The van der Waals surface area contributed by atoms with E-state index in [4.69, 9.17) is 4.74 Å². The number of rotatable bonds is 7. The highest BCUT2D eigenvalue weighted by molar-refractivity contribution is 9.10. The Labute approximate surface area is 145 Å². The van der Waals surface area contributed by atoms with Crippen molar-refractivity contribution < 1.29 is 15.1 Å². The minimum atomic E-state index is -0.632. The van der Waals surface area contributed by atoms with Gasteiger partial charge < -0.3 is 15.1 Å². The molecule has 0 aliphatic heterocycles. The van der Waals surface area contributed by atoms with Crippen molar-refractivity contribution in [2.75, 3.05) is 7.11 Å². The lowest BCUT2D eigenvalue weighted by molar-refractivity contribution is 0.0679. The number of ether oxygens (including phenoxy) is 1. The number of hydrogen-bond donors (Lipinski definition) is 3. The lowest BCUT2D eigenvalue weighted by Gasteiger charge is -2.28. The zero-order chi connectivity index (χ0) is 16.8. The van der Waals surface area contributed by atoms with Crippen LogP contribution in [0, 0.1) is 0 Å². The molecule has 23 heavy (non-hydrogen) atoms. The summed E-state index contributed by atoms with van der Waals surface area (Å²) in [6.07, 6.45) is -0.130. The monoisotopic (exact) mass is 379 g/mol. The minimum absolute atomic E-state index is 0.245. The van der Waals surface area contributed by atoms with E-state index in [0.717, 1.165) is 21.3 Å². The first kappa shape index (κ1) is 17.9. The molecule has 0 saturated heterocycles. The maximum Gasteiger partial charge on any atom is 0.118 e. The molecule has 0 amide bonds. The van der Waals surface area contributed by atoms with Crippen molar-refractivity contribution in [2.45, 2.75) is 31.4 Å². The van der Waals surface area contributed by atoms with Crippen molar-refractivity contribution in [3.05, 3.63) is 64.1 Å². The van der Waals surface area contributed by atoms with Gasteiger partial charge in [0, 0.05) is 16.4 Å². The van der Waals surface area contributed by atoms with E-state index < -0.39 is 6.10 Å². The summed E-state index contributed by atoms with van der Waals surface area (Å²) in [5.74, 6) is 0.517. The minimum Gasteiger partial charge on any atom is -0.497 e. The highest BCUT2D eigenvalue weighted by atomic mass is 79.9. The summed E-state index contributed by atoms with van der Waals surface area (Å²) >= 11 is 3.44. The van der Waals surface area contributed by atoms with E-state index in [9.17, 15) is 10.3 Å². The van der Waals surface area contributed by atoms with Crippen molar-refractivity contribution >= 4 is 15.9 Å². The molecule has 0 aliphatic rings. The van der Waals surface area contributed by atoms with Crippen LogP contribution in [-0.4, -0.2) is 29.6 Å². The fraction of sp³-hybridized carbons (Fsp3) is 0.333. The summed E-state index contributed by atoms with van der Waals surface area (Å²) in [7, 11) is 1.62. The van der Waals surface area contributed by atoms with Gasteiger partial charge in [-0.2, -0.15) is 0 Å². The van der Waals surface area contributed by atoms with Gasteiger partial charge in [-0.25, -0.2) is 5.48 Å². The molecule has 3 atom stereocenters. The number of methoxy groups -OCH3 is 1. The average Bonchev–Trinajstić information content (AvgIpc) is 2.55. The van der Waals surface area contributed by atoms with Gasteiger partial charge in [-0.05, 0) is 48.7 Å². The number of hydroxylamine groups is 1. The average molecular weight is 380 g/mol. The molecule has 2 aromatic carbocycles. The van der Waals surface area contributed by atoms with Gasteiger partial charge in [-0.15, -0.1) is 0 Å². The van der Waals surface area contributed by atoms with E-state index in [1.54, 1.807) is 7.11 Å². The summed E-state index contributed by atoms with van der Waals surface area (Å²) < 4.78 is 6.16. The van der Waals surface area contributed by atoms with Crippen LogP contribution in [0.4, 0.5) is 0 Å². The molecular formula is C18H22BrNO3. The molecule has 0 aromatic heterocycles. The zero-order valence-electron chi connectivity index (χ0n) is 13.2. The highest BCUT2D eigenvalue weighted by Gasteiger charge is 2.27. The van der Waals surface area contributed by atoms with Crippen LogP contribution in [0.2, 0.25) is 0 Å². The van der Waals surface area contributed by atoms with Gasteiger partial charge in [-0.3, -0.25) is 0 Å². The molecule has 3 unspecified atom stereocenters. The molecule has 2 aromatic rings. The topological polar surface area (TPSA) is 61.7 Å². The smallest absolute Gasteiger partial charge is 0.118 e. The second-order valence-electron chi connectivity index (χ2n) is 5.62. The Morgan fingerprint density at radius 2 is 1.87 bits per heavy atom. The maximum atomic E-state index is 10.7. The van der Waals surface area contributed by atoms with Crippen LogP contribution < -0.4 is 10.2 Å². The Hall–Kier alpha value is -1.40. The Balaban J connectivity index is 2.22. The number of benzene rings is 2. The van der Waals surface area contributed by atoms with Crippen molar-refractivity contribution in [3.63, 3.8) is 0 Å². The molecule has 0 heterocycles. The van der Waals surface area contributed by atoms with Crippen LogP contribution in [0.1, 0.15) is 24.0 Å². The van der Waals surface area contributed by atoms with Gasteiger partial charge in [0.05, 0.1) is 13.2 Å². The molecule has 0 saturated carbocycles. The zero-order valence-corrected chi connectivity index (χ0v) is 14.8. The van der Waals surface area contributed by atoms with Crippen molar-refractivity contribution in [3.8, 4) is 5.75 Å². The van der Waals surface area contributed by atoms with Crippen LogP contribution in [-0.2, 0) is 6.42 Å². The first-order chi connectivity index (χ1) is 11.0. The van der Waals surface area contributed by atoms with Gasteiger partial charge in [-0.1, -0.05) is 40.2 Å². The number of nitrogens with one attached hydrogen (secondary N) is 1. The van der Waals surface area contributed by atoms with Gasteiger partial charge in [0.2, 0.25) is 0 Å². The van der Waals surface area contributed by atoms with Gasteiger partial charge >= 0.3 is 0 Å². The summed E-state index contributed by atoms with van der Waals surface area (Å²) in [6, 6.07) is 15.1. The molecule has 0 bridgehead atoms. The van der Waals surface area contributed by atoms with Crippen molar-refractivity contribution in [1.82, 2.24) is 5.48 Å². The fourth-order valence-electron chi connectivity index (χ4n) is 2.78. The normalized spacial score (nSPS) is 15.0. The van der Waals surface area contributed by atoms with E-state index in [-0.39, 0.29) is 12.0 Å². The van der Waals surface area contributed by atoms with E-state index in [0.29, 0.717) is 6.42 Å². The lowest BCUT2D eigenvalue weighted by atomic mass is 9.85. The SMILES string of the molecule is COc1ccc(C(C(O)Cc2cccc(Br)c2)C(C)NO)cc1. The summed E-state index contributed by atoms with van der Waals surface area (Å²) in [5.41, 5.74) is 4.25. The van der Waals surface area contributed by atoms with Crippen LogP contribution in [0.3, 0.4) is 0 Å². The molecule has 0 radical (unpaired) electrons. The Kier molecular flexibility index (Phi) is 6.59. The number of aliphatic hydroxyl groups is 1. The highest BCUT2D eigenvalue weighted by Crippen LogP contribution is 2.28. The predicted octanol–water partition coefficient (Wildman–Crippen LogP) is 3.51. The van der Waals surface area contributed by atoms with Gasteiger partial charge in [0.25, 0.3) is 0 Å². The summed E-state index contributed by atoms with van der Waals surface area (Å²) in [5, 5.41) is 20.1. The van der Waals surface area contributed by atoms with Crippen LogP contribution in [0.5, 0.6) is 5.75 Å². The number of halogens is 1. The molecule has 0 spiro atoms. The van der Waals surface area contributed by atoms with Crippen LogP contribution in [0.15, 0.2) is 53.0 Å². The molecular weight excluding hydrogens is 358 g/mol. The summed E-state index contributed by atoms with van der Waals surface area (Å²) in [6.45, 7) is 1.85. The van der Waals surface area contributed by atoms with Gasteiger partial charge in [0.1, 0.15) is 5.75 Å².